The summed E-state index contributed by atoms with van der Waals surface area (Å²) in [5.41, 5.74) is 4.61. The second kappa shape index (κ2) is 6.57. The van der Waals surface area contributed by atoms with Crippen molar-refractivity contribution in [3.05, 3.63) is 47.8 Å². The second-order valence-corrected chi connectivity index (χ2v) is 6.93. The van der Waals surface area contributed by atoms with Gasteiger partial charge >= 0.3 is 0 Å². The van der Waals surface area contributed by atoms with Crippen LogP contribution in [0.3, 0.4) is 0 Å². The molecule has 3 heterocycles. The normalized spacial score (nSPS) is 17.4. The Bertz CT molecular complexity index is 1060. The molecule has 0 N–H and O–H groups in total. The second-order valence-electron chi connectivity index (χ2n) is 6.93. The zero-order chi connectivity index (χ0) is 18.2. The molecule has 0 bridgehead atoms. The number of rotatable bonds is 4. The van der Waals surface area contributed by atoms with Gasteiger partial charge in [0.15, 0.2) is 5.84 Å². The first kappa shape index (κ1) is 16.1. The van der Waals surface area contributed by atoms with Gasteiger partial charge in [-0.05, 0) is 37.1 Å². The molecule has 1 fully saturated rings. The standard InChI is InChI=1S/C20H20N6O/c1-27-18-7-4-10-21-19(18)20-22-12-16(23-20)13-8-9-17-15(11-13)24-25-26(17)14-5-2-3-6-14/h4,7-11,14H,2-3,5-6,12H2,1H3. The number of aromatic nitrogens is 4. The summed E-state index contributed by atoms with van der Waals surface area (Å²) in [6.45, 7) is 0.525. The van der Waals surface area contributed by atoms with E-state index in [-0.39, 0.29) is 0 Å². The number of benzene rings is 1. The first-order valence-corrected chi connectivity index (χ1v) is 9.30. The van der Waals surface area contributed by atoms with E-state index in [4.69, 9.17) is 9.73 Å². The first-order chi connectivity index (χ1) is 13.3. The molecule has 5 rings (SSSR count). The van der Waals surface area contributed by atoms with Crippen molar-refractivity contribution in [1.29, 1.82) is 0 Å². The van der Waals surface area contributed by atoms with Crippen LogP contribution in [-0.2, 0) is 0 Å². The fraction of sp³-hybridized carbons (Fsp3) is 0.350. The number of fused-ring (bicyclic) bond motifs is 1. The van der Waals surface area contributed by atoms with Gasteiger partial charge in [-0.2, -0.15) is 0 Å². The predicted molar refractivity (Wildman–Crippen MR) is 104 cm³/mol. The Balaban J connectivity index is 1.46. The van der Waals surface area contributed by atoms with E-state index in [1.165, 1.54) is 25.7 Å². The van der Waals surface area contributed by atoms with Gasteiger partial charge in [-0.3, -0.25) is 4.99 Å². The molecule has 136 valence electrons. The summed E-state index contributed by atoms with van der Waals surface area (Å²) in [5.74, 6) is 1.29. The molecule has 0 atom stereocenters. The maximum Gasteiger partial charge on any atom is 0.178 e. The number of nitrogens with zero attached hydrogens (tertiary/aromatic N) is 6. The van der Waals surface area contributed by atoms with Gasteiger partial charge in [0, 0.05) is 11.8 Å². The van der Waals surface area contributed by atoms with Gasteiger partial charge < -0.3 is 4.74 Å². The highest BCUT2D eigenvalue weighted by molar-refractivity contribution is 6.17. The van der Waals surface area contributed by atoms with Gasteiger partial charge in [0.1, 0.15) is 17.0 Å². The third kappa shape index (κ3) is 2.79. The molecule has 1 aliphatic heterocycles. The van der Waals surface area contributed by atoms with Crippen molar-refractivity contribution < 1.29 is 4.74 Å². The van der Waals surface area contributed by atoms with Crippen LogP contribution in [0.1, 0.15) is 43.0 Å². The molecule has 0 unspecified atom stereocenters. The van der Waals surface area contributed by atoms with Crippen LogP contribution in [-0.4, -0.2) is 45.2 Å². The van der Waals surface area contributed by atoms with Gasteiger partial charge in [0.2, 0.25) is 0 Å². The Labute approximate surface area is 156 Å². The molecule has 7 nitrogen and oxygen atoms in total. The summed E-state index contributed by atoms with van der Waals surface area (Å²) in [4.78, 5) is 13.6. The number of methoxy groups -OCH3 is 1. The summed E-state index contributed by atoms with van der Waals surface area (Å²) in [6.07, 6.45) is 6.66. The summed E-state index contributed by atoms with van der Waals surface area (Å²) in [7, 11) is 1.63. The molecule has 1 aromatic carbocycles. The Kier molecular flexibility index (Phi) is 3.92. The van der Waals surface area contributed by atoms with E-state index in [2.05, 4.69) is 43.2 Å². The van der Waals surface area contributed by atoms with Crippen LogP contribution in [0.25, 0.3) is 11.0 Å². The Morgan fingerprint density at radius 1 is 1.15 bits per heavy atom. The summed E-state index contributed by atoms with van der Waals surface area (Å²) in [5, 5.41) is 8.79. The van der Waals surface area contributed by atoms with E-state index in [9.17, 15) is 0 Å². The fourth-order valence-electron chi connectivity index (χ4n) is 3.90. The molecule has 3 aromatic rings. The van der Waals surface area contributed by atoms with Gasteiger partial charge in [-0.25, -0.2) is 14.7 Å². The van der Waals surface area contributed by atoms with Gasteiger partial charge in [-0.15, -0.1) is 5.10 Å². The Morgan fingerprint density at radius 2 is 2.04 bits per heavy atom. The van der Waals surface area contributed by atoms with E-state index in [0.717, 1.165) is 22.3 Å². The average Bonchev–Trinajstić information content (AvgIpc) is 3.47. The minimum atomic E-state index is 0.483. The van der Waals surface area contributed by atoms with Crippen molar-refractivity contribution in [3.63, 3.8) is 0 Å². The lowest BCUT2D eigenvalue weighted by Gasteiger charge is -2.09. The van der Waals surface area contributed by atoms with Crippen LogP contribution in [0.4, 0.5) is 0 Å². The van der Waals surface area contributed by atoms with E-state index in [0.29, 0.717) is 29.9 Å². The molecule has 0 spiro atoms. The van der Waals surface area contributed by atoms with Crippen LogP contribution in [0, 0.1) is 0 Å². The van der Waals surface area contributed by atoms with Crippen LogP contribution in [0.5, 0.6) is 5.75 Å². The van der Waals surface area contributed by atoms with Crippen molar-refractivity contribution in [3.8, 4) is 5.75 Å². The monoisotopic (exact) mass is 360 g/mol. The molecule has 7 heteroatoms. The van der Waals surface area contributed by atoms with Crippen molar-refractivity contribution in [2.45, 2.75) is 31.7 Å². The summed E-state index contributed by atoms with van der Waals surface area (Å²) >= 11 is 0. The average molecular weight is 360 g/mol. The lowest BCUT2D eigenvalue weighted by molar-refractivity contribution is 0.412. The maximum absolute atomic E-state index is 5.37. The zero-order valence-corrected chi connectivity index (χ0v) is 15.2. The van der Waals surface area contributed by atoms with Gasteiger partial charge in [0.05, 0.1) is 30.9 Å². The SMILES string of the molecule is COc1cccnc1C1=NCC(c2ccc3c(c2)nnn3C2CCCC2)=N1. The van der Waals surface area contributed by atoms with Crippen LogP contribution in [0.15, 0.2) is 46.5 Å². The molecular weight excluding hydrogens is 340 g/mol. The molecule has 27 heavy (non-hydrogen) atoms. The first-order valence-electron chi connectivity index (χ1n) is 9.30. The molecule has 0 radical (unpaired) electrons. The lowest BCUT2D eigenvalue weighted by Crippen LogP contribution is -2.06. The third-order valence-corrected chi connectivity index (χ3v) is 5.30. The smallest absolute Gasteiger partial charge is 0.178 e. The predicted octanol–water partition coefficient (Wildman–Crippen LogP) is 3.20. The molecular formula is C20H20N6O. The van der Waals surface area contributed by atoms with Crippen LogP contribution in [0.2, 0.25) is 0 Å². The highest BCUT2D eigenvalue weighted by Crippen LogP contribution is 2.31. The van der Waals surface area contributed by atoms with Crippen molar-refractivity contribution in [2.24, 2.45) is 9.98 Å². The van der Waals surface area contributed by atoms with Crippen LogP contribution < -0.4 is 4.74 Å². The topological polar surface area (TPSA) is 77.5 Å². The highest BCUT2D eigenvalue weighted by atomic mass is 16.5. The quantitative estimate of drug-likeness (QED) is 0.716. The van der Waals surface area contributed by atoms with E-state index in [1.54, 1.807) is 13.3 Å². The third-order valence-electron chi connectivity index (χ3n) is 5.30. The number of aliphatic imine (C=N–C) groups is 2. The lowest BCUT2D eigenvalue weighted by atomic mass is 10.1. The van der Waals surface area contributed by atoms with Crippen molar-refractivity contribution in [2.75, 3.05) is 13.7 Å². The minimum Gasteiger partial charge on any atom is -0.494 e. The molecule has 0 amide bonds. The number of amidine groups is 1. The van der Waals surface area contributed by atoms with Gasteiger partial charge in [0.25, 0.3) is 0 Å². The number of pyridine rings is 1. The molecule has 2 aliphatic rings. The van der Waals surface area contributed by atoms with Crippen LogP contribution >= 0.6 is 0 Å². The Morgan fingerprint density at radius 3 is 2.89 bits per heavy atom. The van der Waals surface area contributed by atoms with Crippen molar-refractivity contribution in [1.82, 2.24) is 20.0 Å². The zero-order valence-electron chi connectivity index (χ0n) is 15.2. The maximum atomic E-state index is 5.37. The summed E-state index contributed by atoms with van der Waals surface area (Å²) in [6, 6.07) is 10.4. The van der Waals surface area contributed by atoms with E-state index in [1.807, 2.05) is 12.1 Å². The van der Waals surface area contributed by atoms with E-state index >= 15 is 0 Å². The number of ether oxygens (including phenoxy) is 1. The van der Waals surface area contributed by atoms with Crippen molar-refractivity contribution >= 4 is 22.6 Å². The molecule has 1 saturated carbocycles. The molecule has 2 aromatic heterocycles. The minimum absolute atomic E-state index is 0.483. The Hall–Kier alpha value is -3.09. The number of hydrogen-bond donors (Lipinski definition) is 0. The fourth-order valence-corrected chi connectivity index (χ4v) is 3.90. The molecule has 1 aliphatic carbocycles. The van der Waals surface area contributed by atoms with E-state index < -0.39 is 0 Å². The number of hydrogen-bond acceptors (Lipinski definition) is 6. The highest BCUT2D eigenvalue weighted by Gasteiger charge is 2.22. The largest absolute Gasteiger partial charge is 0.494 e. The van der Waals surface area contributed by atoms with Gasteiger partial charge in [-0.1, -0.05) is 24.1 Å². The summed E-state index contributed by atoms with van der Waals surface area (Å²) < 4.78 is 7.46. The molecule has 0 saturated heterocycles.